The predicted molar refractivity (Wildman–Crippen MR) is 97.9 cm³/mol. The van der Waals surface area contributed by atoms with Crippen molar-refractivity contribution in [3.05, 3.63) is 60.2 Å². The number of aliphatic hydroxyl groups is 2. The van der Waals surface area contributed by atoms with Crippen LogP contribution in [0.4, 0.5) is 20.2 Å². The van der Waals surface area contributed by atoms with E-state index >= 15 is 0 Å². The van der Waals surface area contributed by atoms with Crippen LogP contribution in [0, 0.1) is 11.6 Å². The predicted octanol–water partition coefficient (Wildman–Crippen LogP) is 1.48. The largest absolute Gasteiger partial charge is 0.448 e. The molecule has 2 aromatic rings. The van der Waals surface area contributed by atoms with Crippen LogP contribution in [0.3, 0.4) is 0 Å². The Morgan fingerprint density at radius 1 is 1.00 bits per heavy atom. The van der Waals surface area contributed by atoms with E-state index in [9.17, 15) is 23.8 Å². The molecule has 0 aliphatic carbocycles. The molecule has 3 rings (SSSR count). The smallest absolute Gasteiger partial charge is 0.361 e. The second kappa shape index (κ2) is 8.55. The van der Waals surface area contributed by atoms with Crippen molar-refractivity contribution in [3.8, 4) is 0 Å². The summed E-state index contributed by atoms with van der Waals surface area (Å²) in [5, 5.41) is 26.8. The summed E-state index contributed by atoms with van der Waals surface area (Å²) in [7, 11) is 0. The Bertz CT molecular complexity index is 935. The van der Waals surface area contributed by atoms with Gasteiger partial charge in [0.2, 0.25) is 0 Å². The molecule has 1 aliphatic rings. The van der Waals surface area contributed by atoms with Gasteiger partial charge in [-0.2, -0.15) is 10.2 Å². The lowest BCUT2D eigenvalue weighted by Gasteiger charge is -2.14. The normalized spacial score (nSPS) is 20.3. The first-order valence-corrected chi connectivity index (χ1v) is 8.18. The number of nitrogens with one attached hydrogen (secondary N) is 2. The number of anilines is 2. The number of para-hydroxylation sites is 2. The summed E-state index contributed by atoms with van der Waals surface area (Å²) in [6, 6.07) is 11.3. The van der Waals surface area contributed by atoms with Crippen molar-refractivity contribution in [2.24, 2.45) is 10.2 Å². The molecule has 1 fully saturated rings. The molecule has 28 heavy (non-hydrogen) atoms. The van der Waals surface area contributed by atoms with E-state index in [1.165, 1.54) is 36.4 Å². The molecule has 0 bridgehead atoms. The summed E-state index contributed by atoms with van der Waals surface area (Å²) in [5.74, 6) is -2.15. The van der Waals surface area contributed by atoms with Gasteiger partial charge in [-0.3, -0.25) is 10.9 Å². The highest BCUT2D eigenvalue weighted by Gasteiger charge is 2.42. The molecule has 0 spiro atoms. The molecule has 0 saturated carbocycles. The number of aliphatic hydroxyl groups excluding tert-OH is 2. The van der Waals surface area contributed by atoms with Crippen molar-refractivity contribution in [1.82, 2.24) is 0 Å². The number of nitrogens with zero attached hydrogens (tertiary/aromatic N) is 2. The topological polar surface area (TPSA) is 116 Å². The first kappa shape index (κ1) is 19.4. The van der Waals surface area contributed by atoms with E-state index in [0.29, 0.717) is 0 Å². The minimum atomic E-state index is -1.48. The number of hydrogen-bond donors (Lipinski definition) is 4. The minimum absolute atomic E-state index is 0.00429. The lowest BCUT2D eigenvalue weighted by Crippen LogP contribution is -2.36. The number of rotatable bonds is 6. The van der Waals surface area contributed by atoms with Gasteiger partial charge in [-0.1, -0.05) is 24.3 Å². The Kier molecular flexibility index (Phi) is 5.92. The third-order valence-electron chi connectivity index (χ3n) is 3.81. The summed E-state index contributed by atoms with van der Waals surface area (Å²) < 4.78 is 32.5. The number of halogens is 2. The molecular weight excluding hydrogens is 374 g/mol. The molecular formula is C18H16F2N4O4. The molecule has 0 aromatic heterocycles. The standard InChI is InChI=1S/C18H16F2N4O4/c19-10-5-1-3-7-12(10)21-23-15-16(18(27)28-17(15)14(26)9-25)24-22-13-8-4-2-6-11(13)20/h1-8,14,17,21-22,25-26H,9H2/b23-15+,24-16-. The van der Waals surface area contributed by atoms with Crippen molar-refractivity contribution >= 4 is 28.8 Å². The number of carbonyl (C=O) groups is 1. The third-order valence-corrected chi connectivity index (χ3v) is 3.81. The number of cyclic esters (lactones) is 1. The molecule has 10 heteroatoms. The Hall–Kier alpha value is -3.37. The fourth-order valence-corrected chi connectivity index (χ4v) is 2.38. The summed E-state index contributed by atoms with van der Waals surface area (Å²) in [4.78, 5) is 12.1. The SMILES string of the molecule is O=C1OC(C(O)CO)C(=N/Nc2ccccc2F)/C1=N/Nc1ccccc1F. The Morgan fingerprint density at radius 2 is 1.54 bits per heavy atom. The van der Waals surface area contributed by atoms with Crippen LogP contribution < -0.4 is 10.9 Å². The first-order chi connectivity index (χ1) is 13.5. The molecule has 2 aromatic carbocycles. The number of hydrazone groups is 2. The van der Waals surface area contributed by atoms with Gasteiger partial charge in [0.1, 0.15) is 23.5 Å². The van der Waals surface area contributed by atoms with Gasteiger partial charge in [0.15, 0.2) is 11.8 Å². The highest BCUT2D eigenvalue weighted by atomic mass is 19.1. The number of carbonyl (C=O) groups excluding carboxylic acids is 1. The maximum Gasteiger partial charge on any atom is 0.361 e. The van der Waals surface area contributed by atoms with Gasteiger partial charge in [-0.15, -0.1) is 0 Å². The molecule has 2 unspecified atom stereocenters. The zero-order valence-electron chi connectivity index (χ0n) is 14.3. The molecule has 0 amide bonds. The lowest BCUT2D eigenvalue weighted by atomic mass is 10.1. The van der Waals surface area contributed by atoms with Crippen molar-refractivity contribution in [2.45, 2.75) is 12.2 Å². The van der Waals surface area contributed by atoms with Crippen molar-refractivity contribution in [3.63, 3.8) is 0 Å². The molecule has 4 N–H and O–H groups in total. The van der Waals surface area contributed by atoms with Crippen LogP contribution in [0.25, 0.3) is 0 Å². The van der Waals surface area contributed by atoms with Crippen molar-refractivity contribution < 1.29 is 28.5 Å². The molecule has 1 saturated heterocycles. The zero-order chi connectivity index (χ0) is 20.1. The van der Waals surface area contributed by atoms with Gasteiger partial charge in [0.25, 0.3) is 0 Å². The lowest BCUT2D eigenvalue weighted by molar-refractivity contribution is -0.140. The van der Waals surface area contributed by atoms with Gasteiger partial charge < -0.3 is 14.9 Å². The van der Waals surface area contributed by atoms with Crippen LogP contribution in [0.15, 0.2) is 58.7 Å². The third kappa shape index (κ3) is 4.13. The Balaban J connectivity index is 1.92. The fourth-order valence-electron chi connectivity index (χ4n) is 2.38. The van der Waals surface area contributed by atoms with Crippen LogP contribution in [0.5, 0.6) is 0 Å². The van der Waals surface area contributed by atoms with Crippen molar-refractivity contribution in [2.75, 3.05) is 17.5 Å². The van der Waals surface area contributed by atoms with Crippen LogP contribution in [0.2, 0.25) is 0 Å². The van der Waals surface area contributed by atoms with Gasteiger partial charge in [0.05, 0.1) is 18.0 Å². The number of benzene rings is 2. The summed E-state index contributed by atoms with van der Waals surface area (Å²) in [5.41, 5.74) is 4.28. The van der Waals surface area contributed by atoms with Crippen LogP contribution in [-0.4, -0.2) is 46.4 Å². The highest BCUT2D eigenvalue weighted by molar-refractivity contribution is 6.69. The summed E-state index contributed by atoms with van der Waals surface area (Å²) >= 11 is 0. The average molecular weight is 390 g/mol. The van der Waals surface area contributed by atoms with Crippen molar-refractivity contribution in [1.29, 1.82) is 0 Å². The van der Waals surface area contributed by atoms with E-state index < -0.39 is 36.4 Å². The maximum atomic E-state index is 13.8. The van der Waals surface area contributed by atoms with E-state index in [4.69, 9.17) is 4.74 Å². The fraction of sp³-hybridized carbons (Fsp3) is 0.167. The molecule has 2 atom stereocenters. The second-order valence-corrected chi connectivity index (χ2v) is 5.72. The molecule has 1 heterocycles. The molecule has 8 nitrogen and oxygen atoms in total. The number of ether oxygens (including phenoxy) is 1. The minimum Gasteiger partial charge on any atom is -0.448 e. The van der Waals surface area contributed by atoms with E-state index in [2.05, 4.69) is 21.1 Å². The maximum absolute atomic E-state index is 13.8. The number of hydrogen-bond acceptors (Lipinski definition) is 8. The van der Waals surface area contributed by atoms with Gasteiger partial charge in [-0.05, 0) is 24.3 Å². The Labute approximate surface area is 158 Å². The monoisotopic (exact) mass is 390 g/mol. The van der Waals surface area contributed by atoms with E-state index in [-0.39, 0.29) is 22.8 Å². The van der Waals surface area contributed by atoms with Crippen LogP contribution in [-0.2, 0) is 9.53 Å². The van der Waals surface area contributed by atoms with E-state index in [0.717, 1.165) is 0 Å². The van der Waals surface area contributed by atoms with E-state index in [1.54, 1.807) is 12.1 Å². The first-order valence-electron chi connectivity index (χ1n) is 8.18. The van der Waals surface area contributed by atoms with E-state index in [1.807, 2.05) is 0 Å². The molecule has 0 radical (unpaired) electrons. The van der Waals surface area contributed by atoms with Gasteiger partial charge in [0, 0.05) is 0 Å². The quantitative estimate of drug-likeness (QED) is 0.439. The van der Waals surface area contributed by atoms with Crippen LogP contribution >= 0.6 is 0 Å². The molecule has 1 aliphatic heterocycles. The number of esters is 1. The highest BCUT2D eigenvalue weighted by Crippen LogP contribution is 2.18. The van der Waals surface area contributed by atoms with Gasteiger partial charge >= 0.3 is 5.97 Å². The van der Waals surface area contributed by atoms with Crippen LogP contribution in [0.1, 0.15) is 0 Å². The summed E-state index contributed by atoms with van der Waals surface area (Å²) in [6.07, 6.45) is -2.82. The summed E-state index contributed by atoms with van der Waals surface area (Å²) in [6.45, 7) is -0.718. The molecule has 146 valence electrons. The second-order valence-electron chi connectivity index (χ2n) is 5.72. The Morgan fingerprint density at radius 3 is 2.07 bits per heavy atom. The zero-order valence-corrected chi connectivity index (χ0v) is 14.3. The van der Waals surface area contributed by atoms with Gasteiger partial charge in [-0.25, -0.2) is 13.6 Å². The average Bonchev–Trinajstić information content (AvgIpc) is 3.01.